The van der Waals surface area contributed by atoms with Crippen LogP contribution in [0, 0.1) is 45.3 Å². The van der Waals surface area contributed by atoms with Gasteiger partial charge in [-0.2, -0.15) is 0 Å². The SMILES string of the molecule is CCC1C(C)C2(C)C1(C)C(C)C(C)C(C)(C)C2(C)C. The van der Waals surface area contributed by atoms with E-state index in [0.717, 1.165) is 23.7 Å². The van der Waals surface area contributed by atoms with Gasteiger partial charge in [-0.25, -0.2) is 0 Å². The van der Waals surface area contributed by atoms with Gasteiger partial charge in [-0.15, -0.1) is 0 Å². The quantitative estimate of drug-likeness (QED) is 0.544. The predicted molar refractivity (Wildman–Crippen MR) is 85.0 cm³/mol. The Morgan fingerprint density at radius 3 is 1.63 bits per heavy atom. The lowest BCUT2D eigenvalue weighted by Crippen LogP contribution is -2.76. The lowest BCUT2D eigenvalue weighted by molar-refractivity contribution is -0.340. The maximum absolute atomic E-state index is 2.61. The van der Waals surface area contributed by atoms with Crippen molar-refractivity contribution >= 4 is 0 Å². The van der Waals surface area contributed by atoms with Crippen molar-refractivity contribution in [2.75, 3.05) is 0 Å². The zero-order valence-electron chi connectivity index (χ0n) is 15.0. The molecule has 0 aliphatic heterocycles. The Bertz CT molecular complexity index is 377. The molecule has 0 heterocycles. The standard InChI is InChI=1S/C19H36/c1-11-15-14(4)19(10)17(7,8)16(5,6)12(2)13(3)18(15,19)9/h12-15H,11H2,1-10H3. The van der Waals surface area contributed by atoms with Crippen LogP contribution in [0.3, 0.4) is 0 Å². The van der Waals surface area contributed by atoms with Crippen LogP contribution in [0.15, 0.2) is 0 Å². The van der Waals surface area contributed by atoms with E-state index in [1.54, 1.807) is 0 Å². The number of hydrogen-bond donors (Lipinski definition) is 0. The van der Waals surface area contributed by atoms with Crippen molar-refractivity contribution in [3.63, 3.8) is 0 Å². The molecule has 2 aliphatic carbocycles. The fraction of sp³-hybridized carbons (Fsp3) is 1.00. The average molecular weight is 264 g/mol. The molecule has 6 atom stereocenters. The predicted octanol–water partition coefficient (Wildman–Crippen LogP) is 6.01. The van der Waals surface area contributed by atoms with Crippen LogP contribution in [0.5, 0.6) is 0 Å². The van der Waals surface area contributed by atoms with Crippen LogP contribution in [-0.4, -0.2) is 0 Å². The summed E-state index contributed by atoms with van der Waals surface area (Å²) in [5.74, 6) is 3.38. The molecule has 2 saturated carbocycles. The fourth-order valence-electron chi connectivity index (χ4n) is 6.91. The summed E-state index contributed by atoms with van der Waals surface area (Å²) in [5.41, 5.74) is 1.79. The Kier molecular flexibility index (Phi) is 3.08. The highest BCUT2D eigenvalue weighted by Crippen LogP contribution is 2.82. The Morgan fingerprint density at radius 2 is 1.21 bits per heavy atom. The molecule has 6 unspecified atom stereocenters. The van der Waals surface area contributed by atoms with E-state index in [-0.39, 0.29) is 0 Å². The topological polar surface area (TPSA) is 0 Å². The first-order valence-corrected chi connectivity index (χ1v) is 8.42. The van der Waals surface area contributed by atoms with Gasteiger partial charge in [0.15, 0.2) is 0 Å². The molecule has 2 fully saturated rings. The Labute approximate surface area is 121 Å². The molecule has 2 rings (SSSR count). The van der Waals surface area contributed by atoms with E-state index >= 15 is 0 Å². The van der Waals surface area contributed by atoms with Crippen LogP contribution in [0.25, 0.3) is 0 Å². The van der Waals surface area contributed by atoms with Crippen molar-refractivity contribution in [3.8, 4) is 0 Å². The van der Waals surface area contributed by atoms with Crippen molar-refractivity contribution in [3.05, 3.63) is 0 Å². The largest absolute Gasteiger partial charge is 0.0651 e. The maximum atomic E-state index is 2.61. The van der Waals surface area contributed by atoms with Crippen LogP contribution >= 0.6 is 0 Å². The number of fused-ring (bicyclic) bond motifs is 1. The van der Waals surface area contributed by atoms with Gasteiger partial charge in [0.05, 0.1) is 0 Å². The van der Waals surface area contributed by atoms with Crippen molar-refractivity contribution < 1.29 is 0 Å². The van der Waals surface area contributed by atoms with Gasteiger partial charge in [0.1, 0.15) is 0 Å². The van der Waals surface area contributed by atoms with E-state index in [1.165, 1.54) is 6.42 Å². The lowest BCUT2D eigenvalue weighted by atomic mass is 9.23. The minimum Gasteiger partial charge on any atom is -0.0651 e. The molecule has 0 saturated heterocycles. The fourth-order valence-corrected chi connectivity index (χ4v) is 6.91. The second-order valence-electron chi connectivity index (χ2n) is 9.21. The maximum Gasteiger partial charge on any atom is -0.0182 e. The highest BCUT2D eigenvalue weighted by molar-refractivity contribution is 5.24. The van der Waals surface area contributed by atoms with Crippen LogP contribution in [0.4, 0.5) is 0 Å². The summed E-state index contributed by atoms with van der Waals surface area (Å²) in [6, 6.07) is 0. The summed E-state index contributed by atoms with van der Waals surface area (Å²) < 4.78 is 0. The van der Waals surface area contributed by atoms with Crippen LogP contribution in [-0.2, 0) is 0 Å². The zero-order valence-corrected chi connectivity index (χ0v) is 15.0. The summed E-state index contributed by atoms with van der Waals surface area (Å²) in [4.78, 5) is 0. The molecule has 19 heavy (non-hydrogen) atoms. The van der Waals surface area contributed by atoms with Gasteiger partial charge in [-0.1, -0.05) is 75.7 Å². The van der Waals surface area contributed by atoms with Gasteiger partial charge in [0, 0.05) is 0 Å². The summed E-state index contributed by atoms with van der Waals surface area (Å²) in [7, 11) is 0. The van der Waals surface area contributed by atoms with Gasteiger partial charge < -0.3 is 0 Å². The van der Waals surface area contributed by atoms with Crippen LogP contribution in [0.2, 0.25) is 0 Å². The third-order valence-electron chi connectivity index (χ3n) is 9.59. The normalized spacial score (nSPS) is 55.3. The van der Waals surface area contributed by atoms with Crippen molar-refractivity contribution in [2.45, 2.75) is 75.7 Å². The summed E-state index contributed by atoms with van der Waals surface area (Å²) in [5, 5.41) is 0. The minimum atomic E-state index is 0.395. The first-order chi connectivity index (χ1) is 8.42. The van der Waals surface area contributed by atoms with E-state index < -0.39 is 0 Å². The Morgan fingerprint density at radius 1 is 0.737 bits per heavy atom. The summed E-state index contributed by atoms with van der Waals surface area (Å²) >= 11 is 0. The van der Waals surface area contributed by atoms with E-state index in [2.05, 4.69) is 69.2 Å². The molecule has 0 N–H and O–H groups in total. The van der Waals surface area contributed by atoms with Crippen molar-refractivity contribution in [1.29, 1.82) is 0 Å². The van der Waals surface area contributed by atoms with E-state index in [9.17, 15) is 0 Å². The molecule has 0 aromatic rings. The average Bonchev–Trinajstić information content (AvgIpc) is 2.34. The Hall–Kier alpha value is 0. The van der Waals surface area contributed by atoms with Gasteiger partial charge in [0.25, 0.3) is 0 Å². The number of hydrogen-bond acceptors (Lipinski definition) is 0. The third kappa shape index (κ3) is 1.24. The first kappa shape index (κ1) is 15.4. The second kappa shape index (κ2) is 3.80. The van der Waals surface area contributed by atoms with Crippen LogP contribution < -0.4 is 0 Å². The molecule has 0 nitrogen and oxygen atoms in total. The zero-order chi connectivity index (χ0) is 15.0. The van der Waals surface area contributed by atoms with Gasteiger partial charge in [-0.3, -0.25) is 0 Å². The van der Waals surface area contributed by atoms with E-state index in [1.807, 2.05) is 0 Å². The lowest BCUT2D eigenvalue weighted by Gasteiger charge is -2.81. The highest BCUT2D eigenvalue weighted by Gasteiger charge is 2.76. The molecule has 2 aliphatic rings. The monoisotopic (exact) mass is 264 g/mol. The molecule has 0 bridgehead atoms. The molecule has 0 aromatic carbocycles. The van der Waals surface area contributed by atoms with E-state index in [0.29, 0.717) is 21.7 Å². The first-order valence-electron chi connectivity index (χ1n) is 8.42. The molecule has 112 valence electrons. The van der Waals surface area contributed by atoms with Crippen molar-refractivity contribution in [1.82, 2.24) is 0 Å². The molecule has 0 radical (unpaired) electrons. The Balaban J connectivity index is 2.63. The summed E-state index contributed by atoms with van der Waals surface area (Å²) in [6.07, 6.45) is 1.35. The second-order valence-corrected chi connectivity index (χ2v) is 9.21. The third-order valence-corrected chi connectivity index (χ3v) is 9.59. The molecule has 0 spiro atoms. The van der Waals surface area contributed by atoms with Crippen LogP contribution in [0.1, 0.15) is 75.7 Å². The smallest absolute Gasteiger partial charge is 0.0182 e. The molecular formula is C19H36. The molecule has 0 amide bonds. The highest BCUT2D eigenvalue weighted by atomic mass is 14.8. The van der Waals surface area contributed by atoms with Gasteiger partial charge >= 0.3 is 0 Å². The van der Waals surface area contributed by atoms with Crippen molar-refractivity contribution in [2.24, 2.45) is 45.3 Å². The molecule has 0 heteroatoms. The van der Waals surface area contributed by atoms with Gasteiger partial charge in [0.2, 0.25) is 0 Å². The number of rotatable bonds is 1. The minimum absolute atomic E-state index is 0.395. The summed E-state index contributed by atoms with van der Waals surface area (Å²) in [6.45, 7) is 25.3. The molecular weight excluding hydrogens is 228 g/mol. The van der Waals surface area contributed by atoms with E-state index in [4.69, 9.17) is 0 Å². The van der Waals surface area contributed by atoms with Gasteiger partial charge in [-0.05, 0) is 45.3 Å². The molecule has 0 aromatic heterocycles.